The number of rotatable bonds is 8. The molecule has 0 spiro atoms. The Morgan fingerprint density at radius 3 is 2.30 bits per heavy atom. The summed E-state index contributed by atoms with van der Waals surface area (Å²) in [6, 6.07) is 0. The Morgan fingerprint density at radius 2 is 1.74 bits per heavy atom. The Hall–Kier alpha value is -0.450. The molecule has 158 valence electrons. The van der Waals surface area contributed by atoms with Crippen molar-refractivity contribution in [1.29, 1.82) is 0 Å². The van der Waals surface area contributed by atoms with Gasteiger partial charge in [0.05, 0.1) is 17.9 Å². The fourth-order valence-corrected chi connectivity index (χ4v) is 6.48. The Labute approximate surface area is 167 Å². The fourth-order valence-electron chi connectivity index (χ4n) is 6.48. The van der Waals surface area contributed by atoms with E-state index in [0.717, 1.165) is 25.2 Å². The summed E-state index contributed by atoms with van der Waals surface area (Å²) in [5, 5.41) is 0. The number of carbonyl (C=O) groups is 1. The molecular formula is C23H44N2O2. The molecule has 0 amide bonds. The molecule has 27 heavy (non-hydrogen) atoms. The molecule has 0 aromatic carbocycles. The summed E-state index contributed by atoms with van der Waals surface area (Å²) in [5.74, 6) is 1.76. The molecule has 4 heteroatoms. The van der Waals surface area contributed by atoms with Crippen LogP contribution in [0.1, 0.15) is 93.9 Å². The highest BCUT2D eigenvalue weighted by Crippen LogP contribution is 2.66. The van der Waals surface area contributed by atoms with Gasteiger partial charge in [-0.3, -0.25) is 4.79 Å². The van der Waals surface area contributed by atoms with Crippen molar-refractivity contribution in [2.45, 2.75) is 105 Å². The number of ketones is 1. The Balaban J connectivity index is 2.01. The predicted molar refractivity (Wildman–Crippen MR) is 112 cm³/mol. The molecule has 0 saturated heterocycles. The van der Waals surface area contributed by atoms with Gasteiger partial charge in [0.1, 0.15) is 5.78 Å². The van der Waals surface area contributed by atoms with Crippen LogP contribution in [0.3, 0.4) is 0 Å². The summed E-state index contributed by atoms with van der Waals surface area (Å²) < 4.78 is 6.13. The van der Waals surface area contributed by atoms with E-state index in [1.165, 1.54) is 12.8 Å². The van der Waals surface area contributed by atoms with Crippen molar-refractivity contribution in [1.82, 2.24) is 0 Å². The minimum Gasteiger partial charge on any atom is -0.375 e. The Kier molecular flexibility index (Phi) is 6.01. The maximum absolute atomic E-state index is 13.2. The number of hydrogen-bond donors (Lipinski definition) is 2. The molecule has 0 aromatic heterocycles. The van der Waals surface area contributed by atoms with Crippen LogP contribution in [0.25, 0.3) is 0 Å². The van der Waals surface area contributed by atoms with Crippen LogP contribution < -0.4 is 11.5 Å². The first kappa shape index (κ1) is 22.8. The van der Waals surface area contributed by atoms with Gasteiger partial charge >= 0.3 is 0 Å². The second-order valence-corrected chi connectivity index (χ2v) is 12.0. The maximum Gasteiger partial charge on any atom is 0.145 e. The zero-order valence-corrected chi connectivity index (χ0v) is 19.1. The standard InChI is InChI=1S/C23H44N2O2/c1-16-9-10-21(6)17(13-16)22(7,18(21)26)15-19(2,3)14-20(4,5)27-12-11-23(8,24)25/h16-17H,9-15,24-25H2,1-8H3. The van der Waals surface area contributed by atoms with Crippen LogP contribution in [-0.2, 0) is 9.53 Å². The van der Waals surface area contributed by atoms with Gasteiger partial charge in [0.25, 0.3) is 0 Å². The molecule has 4 N–H and O–H groups in total. The lowest BCUT2D eigenvalue weighted by Gasteiger charge is -2.63. The molecule has 2 rings (SSSR count). The largest absolute Gasteiger partial charge is 0.375 e. The second-order valence-electron chi connectivity index (χ2n) is 12.0. The van der Waals surface area contributed by atoms with Gasteiger partial charge in [0.2, 0.25) is 0 Å². The van der Waals surface area contributed by atoms with E-state index in [1.807, 2.05) is 6.92 Å². The molecule has 4 unspecified atom stereocenters. The fraction of sp³-hybridized carbons (Fsp3) is 0.957. The van der Waals surface area contributed by atoms with E-state index in [-0.39, 0.29) is 21.8 Å². The summed E-state index contributed by atoms with van der Waals surface area (Å²) in [6.07, 6.45) is 5.93. The Morgan fingerprint density at radius 1 is 1.15 bits per heavy atom. The summed E-state index contributed by atoms with van der Waals surface area (Å²) in [5.41, 5.74) is 10.5. The van der Waals surface area contributed by atoms with Crippen LogP contribution in [-0.4, -0.2) is 23.7 Å². The van der Waals surface area contributed by atoms with Crippen molar-refractivity contribution in [2.24, 2.45) is 39.5 Å². The van der Waals surface area contributed by atoms with Crippen LogP contribution in [0.15, 0.2) is 0 Å². The van der Waals surface area contributed by atoms with E-state index in [0.29, 0.717) is 24.7 Å². The quantitative estimate of drug-likeness (QED) is 0.601. The monoisotopic (exact) mass is 380 g/mol. The van der Waals surface area contributed by atoms with Gasteiger partial charge in [-0.25, -0.2) is 0 Å². The van der Waals surface area contributed by atoms with Crippen molar-refractivity contribution < 1.29 is 9.53 Å². The number of carbonyl (C=O) groups excluding carboxylic acids is 1. The minimum atomic E-state index is -0.695. The van der Waals surface area contributed by atoms with Crippen molar-refractivity contribution >= 4 is 5.78 Å². The van der Waals surface area contributed by atoms with Gasteiger partial charge in [-0.05, 0) is 70.1 Å². The van der Waals surface area contributed by atoms with Gasteiger partial charge < -0.3 is 16.2 Å². The smallest absolute Gasteiger partial charge is 0.145 e. The van der Waals surface area contributed by atoms with Crippen LogP contribution in [0.4, 0.5) is 0 Å². The van der Waals surface area contributed by atoms with E-state index in [4.69, 9.17) is 16.2 Å². The highest BCUT2D eigenvalue weighted by atomic mass is 16.5. The highest BCUT2D eigenvalue weighted by Gasteiger charge is 2.67. The maximum atomic E-state index is 13.2. The molecule has 0 bridgehead atoms. The molecule has 0 aliphatic heterocycles. The molecule has 2 aliphatic carbocycles. The van der Waals surface area contributed by atoms with Crippen molar-refractivity contribution in [3.05, 3.63) is 0 Å². The predicted octanol–water partition coefficient (Wildman–Crippen LogP) is 4.64. The molecule has 2 aliphatic rings. The topological polar surface area (TPSA) is 78.3 Å². The van der Waals surface area contributed by atoms with Crippen LogP contribution in [0.5, 0.6) is 0 Å². The second kappa shape index (κ2) is 7.11. The number of Topliss-reactive ketones (excluding diaryl/α,β-unsaturated/α-hetero) is 1. The SMILES string of the molecule is CC1CCC2(C)C(=O)C(C)(CC(C)(C)CC(C)(C)OCCC(C)(N)N)C2C1. The third-order valence-corrected chi connectivity index (χ3v) is 7.25. The zero-order valence-electron chi connectivity index (χ0n) is 19.1. The van der Waals surface area contributed by atoms with Crippen LogP contribution in [0, 0.1) is 28.1 Å². The average Bonchev–Trinajstić information content (AvgIpc) is 2.45. The highest BCUT2D eigenvalue weighted by molar-refractivity contribution is 5.97. The lowest BCUT2D eigenvalue weighted by molar-refractivity contribution is -0.186. The van der Waals surface area contributed by atoms with E-state index in [9.17, 15) is 4.79 Å². The lowest BCUT2D eigenvalue weighted by atomic mass is 9.38. The third-order valence-electron chi connectivity index (χ3n) is 7.25. The van der Waals surface area contributed by atoms with Crippen LogP contribution >= 0.6 is 0 Å². The molecule has 4 atom stereocenters. The molecule has 0 heterocycles. The zero-order chi connectivity index (χ0) is 20.9. The molecule has 0 aromatic rings. The number of nitrogens with two attached hydrogens (primary N) is 2. The number of ether oxygens (including phenoxy) is 1. The first-order chi connectivity index (χ1) is 12.0. The Bertz CT molecular complexity index is 563. The van der Waals surface area contributed by atoms with Gasteiger partial charge in [0.15, 0.2) is 0 Å². The summed E-state index contributed by atoms with van der Waals surface area (Å²) in [7, 11) is 0. The van der Waals surface area contributed by atoms with Gasteiger partial charge in [-0.1, -0.05) is 34.6 Å². The molecule has 0 radical (unpaired) electrons. The minimum absolute atomic E-state index is 0.0324. The molecular weight excluding hydrogens is 336 g/mol. The van der Waals surface area contributed by atoms with Gasteiger partial charge in [-0.15, -0.1) is 0 Å². The molecule has 2 fully saturated rings. The van der Waals surface area contributed by atoms with Gasteiger partial charge in [-0.2, -0.15) is 0 Å². The van der Waals surface area contributed by atoms with Crippen molar-refractivity contribution in [3.63, 3.8) is 0 Å². The first-order valence-corrected chi connectivity index (χ1v) is 10.8. The first-order valence-electron chi connectivity index (χ1n) is 10.8. The summed E-state index contributed by atoms with van der Waals surface area (Å²) in [4.78, 5) is 13.2. The van der Waals surface area contributed by atoms with Crippen LogP contribution in [0.2, 0.25) is 0 Å². The van der Waals surface area contributed by atoms with E-state index >= 15 is 0 Å². The van der Waals surface area contributed by atoms with Crippen molar-refractivity contribution in [2.75, 3.05) is 6.61 Å². The summed E-state index contributed by atoms with van der Waals surface area (Å²) >= 11 is 0. The number of fused-ring (bicyclic) bond motifs is 1. The third kappa shape index (κ3) is 4.94. The van der Waals surface area contributed by atoms with E-state index in [1.54, 1.807) is 0 Å². The lowest BCUT2D eigenvalue weighted by Crippen LogP contribution is -2.66. The van der Waals surface area contributed by atoms with Crippen molar-refractivity contribution in [3.8, 4) is 0 Å². The molecule has 2 saturated carbocycles. The van der Waals surface area contributed by atoms with E-state index < -0.39 is 5.66 Å². The normalized spacial score (nSPS) is 35.0. The number of hydrogen-bond acceptors (Lipinski definition) is 4. The van der Waals surface area contributed by atoms with E-state index in [2.05, 4.69) is 48.5 Å². The summed E-state index contributed by atoms with van der Waals surface area (Å²) in [6.45, 7) is 18.0. The molecule has 4 nitrogen and oxygen atoms in total. The van der Waals surface area contributed by atoms with Gasteiger partial charge in [0, 0.05) is 17.3 Å². The average molecular weight is 381 g/mol.